The first kappa shape index (κ1) is 14.3. The molecule has 0 bridgehead atoms. The van der Waals surface area contributed by atoms with Crippen LogP contribution in [-0.2, 0) is 4.79 Å². The average molecular weight is 253 g/mol. The van der Waals surface area contributed by atoms with Crippen LogP contribution in [0.1, 0.15) is 13.8 Å². The molecule has 2 N–H and O–H groups in total. The minimum atomic E-state index is -0.865. The van der Waals surface area contributed by atoms with Gasteiger partial charge >= 0.3 is 5.97 Å². The summed E-state index contributed by atoms with van der Waals surface area (Å²) in [6.45, 7) is 5.07. The van der Waals surface area contributed by atoms with Gasteiger partial charge in [-0.2, -0.15) is 0 Å². The van der Waals surface area contributed by atoms with E-state index in [-0.39, 0.29) is 0 Å². The molecular formula is C13H19NO4. The molecule has 1 rings (SSSR count). The molecule has 0 aromatic heterocycles. The van der Waals surface area contributed by atoms with Crippen LogP contribution in [0.5, 0.6) is 11.5 Å². The fraction of sp³-hybridized carbons (Fsp3) is 0.462. The molecule has 0 aliphatic carbocycles. The predicted molar refractivity (Wildman–Crippen MR) is 68.2 cm³/mol. The lowest BCUT2D eigenvalue weighted by Gasteiger charge is -2.10. The molecule has 18 heavy (non-hydrogen) atoms. The number of nitrogens with one attached hydrogen (secondary N) is 1. The Hall–Kier alpha value is -1.75. The van der Waals surface area contributed by atoms with Crippen molar-refractivity contribution < 1.29 is 19.4 Å². The molecule has 0 radical (unpaired) electrons. The molecule has 0 saturated heterocycles. The second-order valence-electron chi connectivity index (χ2n) is 3.77. The largest absolute Gasteiger partial charge is 0.494 e. The fourth-order valence-corrected chi connectivity index (χ4v) is 1.33. The maximum atomic E-state index is 10.5. The minimum absolute atomic E-state index is 0.422. The predicted octanol–water partition coefficient (Wildman–Crippen LogP) is 1.53. The summed E-state index contributed by atoms with van der Waals surface area (Å²) >= 11 is 0. The van der Waals surface area contributed by atoms with Gasteiger partial charge in [0.05, 0.1) is 6.61 Å². The molecule has 100 valence electrons. The molecule has 0 spiro atoms. The Bertz CT molecular complexity index is 364. The summed E-state index contributed by atoms with van der Waals surface area (Å²) in [4.78, 5) is 10.5. The summed E-state index contributed by atoms with van der Waals surface area (Å²) in [6, 6.07) is 6.77. The highest BCUT2D eigenvalue weighted by molar-refractivity contribution is 5.72. The van der Waals surface area contributed by atoms with Crippen molar-refractivity contribution in [3.8, 4) is 11.5 Å². The molecule has 1 aromatic rings. The van der Waals surface area contributed by atoms with Gasteiger partial charge in [0.25, 0.3) is 0 Å². The fourth-order valence-electron chi connectivity index (χ4n) is 1.33. The molecule has 0 aliphatic rings. The topological polar surface area (TPSA) is 67.8 Å². The zero-order valence-electron chi connectivity index (χ0n) is 10.7. The zero-order chi connectivity index (χ0) is 13.4. The van der Waals surface area contributed by atoms with Crippen LogP contribution < -0.4 is 14.8 Å². The summed E-state index contributed by atoms with van der Waals surface area (Å²) < 4.78 is 10.8. The van der Waals surface area contributed by atoms with Crippen molar-refractivity contribution in [3.63, 3.8) is 0 Å². The Labute approximate surface area is 107 Å². The van der Waals surface area contributed by atoms with Crippen LogP contribution in [0.15, 0.2) is 24.3 Å². The van der Waals surface area contributed by atoms with E-state index in [2.05, 4.69) is 5.32 Å². The monoisotopic (exact) mass is 253 g/mol. The minimum Gasteiger partial charge on any atom is -0.494 e. The Morgan fingerprint density at radius 1 is 1.28 bits per heavy atom. The van der Waals surface area contributed by atoms with E-state index in [0.717, 1.165) is 11.5 Å². The Balaban J connectivity index is 2.25. The third-order valence-corrected chi connectivity index (χ3v) is 2.33. The van der Waals surface area contributed by atoms with Crippen LogP contribution in [0.3, 0.4) is 0 Å². The van der Waals surface area contributed by atoms with Crippen molar-refractivity contribution in [2.45, 2.75) is 19.9 Å². The summed E-state index contributed by atoms with van der Waals surface area (Å²) in [5, 5.41) is 11.5. The number of hydrogen-bond donors (Lipinski definition) is 2. The van der Waals surface area contributed by atoms with Crippen molar-refractivity contribution in [1.29, 1.82) is 0 Å². The number of hydrogen-bond acceptors (Lipinski definition) is 4. The van der Waals surface area contributed by atoms with E-state index in [9.17, 15) is 4.79 Å². The smallest absolute Gasteiger partial charge is 0.320 e. The van der Waals surface area contributed by atoms with Crippen molar-refractivity contribution >= 4 is 5.97 Å². The van der Waals surface area contributed by atoms with Crippen LogP contribution in [-0.4, -0.2) is 36.9 Å². The van der Waals surface area contributed by atoms with Crippen LogP contribution in [0.2, 0.25) is 0 Å². The van der Waals surface area contributed by atoms with Crippen LogP contribution in [0.4, 0.5) is 0 Å². The summed E-state index contributed by atoms with van der Waals surface area (Å²) in [5.74, 6) is 0.682. The van der Waals surface area contributed by atoms with Crippen molar-refractivity contribution in [3.05, 3.63) is 24.3 Å². The standard InChI is InChI=1S/C13H19NO4/c1-3-17-11-4-6-12(7-5-11)18-9-8-14-10(2)13(15)16/h4-7,10,14H,3,8-9H2,1-2H3,(H,15,16)/t10-/m0/s1. The van der Waals surface area contributed by atoms with Gasteiger partial charge in [-0.3, -0.25) is 4.79 Å². The van der Waals surface area contributed by atoms with Crippen molar-refractivity contribution in [2.24, 2.45) is 0 Å². The van der Waals surface area contributed by atoms with E-state index in [0.29, 0.717) is 19.8 Å². The molecule has 0 unspecified atom stereocenters. The molecule has 0 aliphatic heterocycles. The number of rotatable bonds is 8. The Morgan fingerprint density at radius 3 is 2.33 bits per heavy atom. The maximum Gasteiger partial charge on any atom is 0.320 e. The first-order valence-electron chi connectivity index (χ1n) is 5.95. The summed E-state index contributed by atoms with van der Waals surface area (Å²) in [7, 11) is 0. The van der Waals surface area contributed by atoms with E-state index in [4.69, 9.17) is 14.6 Å². The van der Waals surface area contributed by atoms with Gasteiger partial charge in [0.2, 0.25) is 0 Å². The summed E-state index contributed by atoms with van der Waals surface area (Å²) in [6.07, 6.45) is 0. The molecule has 0 amide bonds. The Kier molecular flexibility index (Phi) is 6.00. The van der Waals surface area contributed by atoms with E-state index in [1.165, 1.54) is 0 Å². The van der Waals surface area contributed by atoms with E-state index in [1.54, 1.807) is 6.92 Å². The highest BCUT2D eigenvalue weighted by atomic mass is 16.5. The lowest BCUT2D eigenvalue weighted by Crippen LogP contribution is -2.36. The zero-order valence-corrected chi connectivity index (χ0v) is 10.7. The van der Waals surface area contributed by atoms with E-state index < -0.39 is 12.0 Å². The third kappa shape index (κ3) is 5.05. The Morgan fingerprint density at radius 2 is 1.83 bits per heavy atom. The first-order chi connectivity index (χ1) is 8.63. The highest BCUT2D eigenvalue weighted by Crippen LogP contribution is 2.17. The lowest BCUT2D eigenvalue weighted by atomic mass is 10.3. The molecule has 0 heterocycles. The number of benzene rings is 1. The third-order valence-electron chi connectivity index (χ3n) is 2.33. The molecule has 1 atom stereocenters. The molecule has 5 heteroatoms. The highest BCUT2D eigenvalue weighted by Gasteiger charge is 2.08. The first-order valence-corrected chi connectivity index (χ1v) is 5.95. The number of carbonyl (C=O) groups is 1. The quantitative estimate of drug-likeness (QED) is 0.688. The van der Waals surface area contributed by atoms with E-state index in [1.807, 2.05) is 31.2 Å². The normalized spacial score (nSPS) is 11.9. The lowest BCUT2D eigenvalue weighted by molar-refractivity contribution is -0.139. The second kappa shape index (κ2) is 7.55. The van der Waals surface area contributed by atoms with Gasteiger partial charge in [0.1, 0.15) is 24.1 Å². The number of carboxylic acids is 1. The molecule has 0 saturated carbocycles. The summed E-state index contributed by atoms with van der Waals surface area (Å²) in [5.41, 5.74) is 0. The van der Waals surface area contributed by atoms with Crippen LogP contribution in [0, 0.1) is 0 Å². The van der Waals surface area contributed by atoms with Crippen molar-refractivity contribution in [2.75, 3.05) is 19.8 Å². The molecule has 5 nitrogen and oxygen atoms in total. The van der Waals surface area contributed by atoms with Crippen LogP contribution in [0.25, 0.3) is 0 Å². The van der Waals surface area contributed by atoms with Crippen molar-refractivity contribution in [1.82, 2.24) is 5.32 Å². The molecule has 0 fully saturated rings. The molecular weight excluding hydrogens is 234 g/mol. The second-order valence-corrected chi connectivity index (χ2v) is 3.77. The van der Waals surface area contributed by atoms with Gasteiger partial charge in [0, 0.05) is 6.54 Å². The van der Waals surface area contributed by atoms with Gasteiger partial charge in [-0.1, -0.05) is 0 Å². The SMILES string of the molecule is CCOc1ccc(OCCN[C@@H](C)C(=O)O)cc1. The van der Waals surface area contributed by atoms with Crippen LogP contribution >= 0.6 is 0 Å². The number of aliphatic carboxylic acids is 1. The van der Waals surface area contributed by atoms with Gasteiger partial charge in [-0.05, 0) is 38.1 Å². The number of ether oxygens (including phenoxy) is 2. The van der Waals surface area contributed by atoms with Gasteiger partial charge in [0.15, 0.2) is 0 Å². The van der Waals surface area contributed by atoms with Gasteiger partial charge < -0.3 is 19.9 Å². The average Bonchev–Trinajstić information content (AvgIpc) is 2.36. The number of carboxylic acid groups (broad SMARTS) is 1. The maximum absolute atomic E-state index is 10.5. The molecule has 1 aromatic carbocycles. The van der Waals surface area contributed by atoms with Gasteiger partial charge in [-0.15, -0.1) is 0 Å². The van der Waals surface area contributed by atoms with Gasteiger partial charge in [-0.25, -0.2) is 0 Å². The van der Waals surface area contributed by atoms with E-state index >= 15 is 0 Å².